The van der Waals surface area contributed by atoms with E-state index in [0.717, 1.165) is 0 Å². The normalized spacial score (nSPS) is 13.5. The summed E-state index contributed by atoms with van der Waals surface area (Å²) in [6.45, 7) is -0.613. The van der Waals surface area contributed by atoms with Crippen molar-refractivity contribution in [1.82, 2.24) is 0 Å². The molecule has 0 radical (unpaired) electrons. The van der Waals surface area contributed by atoms with Gasteiger partial charge in [0.15, 0.2) is 6.29 Å². The maximum atomic E-state index is 10.0. The van der Waals surface area contributed by atoms with Crippen molar-refractivity contribution in [3.05, 3.63) is 0 Å². The van der Waals surface area contributed by atoms with E-state index in [1.165, 1.54) is 0 Å². The summed E-state index contributed by atoms with van der Waals surface area (Å²) in [5.74, 6) is -0.671. The van der Waals surface area contributed by atoms with Crippen LogP contribution in [0.1, 0.15) is 6.42 Å². The van der Waals surface area contributed by atoms with Crippen LogP contribution in [0.5, 0.6) is 0 Å². The van der Waals surface area contributed by atoms with Gasteiger partial charge >= 0.3 is 29.6 Å². The van der Waals surface area contributed by atoms with Crippen molar-refractivity contribution in [3.8, 4) is 0 Å². The molecule has 0 fully saturated rings. The van der Waals surface area contributed by atoms with Gasteiger partial charge in [-0.2, -0.15) is 0 Å². The Morgan fingerprint density at radius 1 is 1.46 bits per heavy atom. The van der Waals surface area contributed by atoms with E-state index in [9.17, 15) is 13.0 Å². The third-order valence-corrected chi connectivity index (χ3v) is 1.69. The predicted molar refractivity (Wildman–Crippen MR) is 38.2 cm³/mol. The largest absolute Gasteiger partial charge is 1.00 e. The van der Waals surface area contributed by atoms with Crippen LogP contribution < -0.4 is 29.6 Å². The van der Waals surface area contributed by atoms with Gasteiger partial charge in [0.05, 0.1) is 22.5 Å². The summed E-state index contributed by atoms with van der Waals surface area (Å²) in [6, 6.07) is 0. The molecule has 6 nitrogen and oxygen atoms in total. The first-order chi connectivity index (χ1) is 5.45. The van der Waals surface area contributed by atoms with Crippen molar-refractivity contribution in [2.24, 2.45) is 0 Å². The Bertz CT molecular complexity index is 203. The van der Waals surface area contributed by atoms with Gasteiger partial charge in [-0.25, -0.2) is 8.42 Å². The topological polar surface area (TPSA) is 107 Å². The second-order valence-electron chi connectivity index (χ2n) is 2.10. The van der Waals surface area contributed by atoms with Crippen LogP contribution in [0.25, 0.3) is 0 Å². The minimum atomic E-state index is -4.28. The molecular weight excluding hydrogens is 211 g/mol. The molecule has 0 aromatic carbocycles. The summed E-state index contributed by atoms with van der Waals surface area (Å²) in [4.78, 5) is 0. The van der Waals surface area contributed by atoms with Crippen molar-refractivity contribution < 1.29 is 57.5 Å². The maximum absolute atomic E-state index is 10.0. The third-order valence-electron chi connectivity index (χ3n) is 1.02. The fourth-order valence-corrected chi connectivity index (χ4v) is 0.780. The van der Waals surface area contributed by atoms with Crippen LogP contribution in [-0.2, 0) is 14.9 Å². The maximum Gasteiger partial charge on any atom is 1.00 e. The van der Waals surface area contributed by atoms with Crippen LogP contribution in [0, 0.1) is 0 Å². The van der Waals surface area contributed by atoms with Gasteiger partial charge in [-0.15, -0.1) is 0 Å². The molecule has 2 N–H and O–H groups in total. The summed E-state index contributed by atoms with van der Waals surface area (Å²) in [5, 5.41) is 17.0. The standard InChI is InChI=1S/C5H12O6S.Na/c6-2-1-5(7)11-3-4-12(8,9)10;/h5-7H,1-4H2,(H,8,9,10);/q;+1/p-1. The van der Waals surface area contributed by atoms with Crippen LogP contribution >= 0.6 is 0 Å². The molecule has 0 heterocycles. The predicted octanol–water partition coefficient (Wildman–Crippen LogP) is -4.75. The van der Waals surface area contributed by atoms with Crippen LogP contribution in [0.3, 0.4) is 0 Å². The zero-order chi connectivity index (χ0) is 9.61. The van der Waals surface area contributed by atoms with Gasteiger partial charge in [-0.1, -0.05) is 0 Å². The molecule has 0 saturated heterocycles. The van der Waals surface area contributed by atoms with Gasteiger partial charge in [0.25, 0.3) is 0 Å². The molecule has 0 aromatic heterocycles. The average molecular weight is 222 g/mol. The SMILES string of the molecule is O=S(=O)([O-])CCOC(O)CCO.[Na+]. The minimum Gasteiger partial charge on any atom is -0.748 e. The quantitative estimate of drug-likeness (QED) is 0.265. The van der Waals surface area contributed by atoms with Crippen molar-refractivity contribution in [2.45, 2.75) is 12.7 Å². The van der Waals surface area contributed by atoms with E-state index in [1.54, 1.807) is 0 Å². The fourth-order valence-electron chi connectivity index (χ4n) is 0.480. The Balaban J connectivity index is 0. The summed E-state index contributed by atoms with van der Waals surface area (Å²) < 4.78 is 34.5. The second kappa shape index (κ2) is 8.13. The van der Waals surface area contributed by atoms with Gasteiger partial charge in [-0.05, 0) is 0 Å². The molecule has 13 heavy (non-hydrogen) atoms. The summed E-state index contributed by atoms with van der Waals surface area (Å²) >= 11 is 0. The molecule has 0 bridgehead atoms. The van der Waals surface area contributed by atoms with Crippen LogP contribution in [0.2, 0.25) is 0 Å². The summed E-state index contributed by atoms with van der Waals surface area (Å²) in [5.41, 5.74) is 0. The van der Waals surface area contributed by atoms with Gasteiger partial charge in [0.1, 0.15) is 0 Å². The summed E-state index contributed by atoms with van der Waals surface area (Å²) in [6.07, 6.45) is -1.21. The Kier molecular flexibility index (Phi) is 10.1. The smallest absolute Gasteiger partial charge is 0.748 e. The molecule has 0 aliphatic rings. The minimum absolute atomic E-state index is 0. The number of hydrogen-bond acceptors (Lipinski definition) is 6. The third kappa shape index (κ3) is 12.8. The molecule has 1 unspecified atom stereocenters. The molecule has 0 amide bonds. The van der Waals surface area contributed by atoms with E-state index in [4.69, 9.17) is 10.2 Å². The number of ether oxygens (including phenoxy) is 1. The Morgan fingerprint density at radius 2 is 2.00 bits per heavy atom. The van der Waals surface area contributed by atoms with Gasteiger partial charge in [-0.3, -0.25) is 0 Å². The molecule has 74 valence electrons. The van der Waals surface area contributed by atoms with Gasteiger partial charge in [0.2, 0.25) is 0 Å². The van der Waals surface area contributed by atoms with Crippen LogP contribution in [0.4, 0.5) is 0 Å². The zero-order valence-electron chi connectivity index (χ0n) is 7.34. The first-order valence-electron chi connectivity index (χ1n) is 3.30. The summed E-state index contributed by atoms with van der Waals surface area (Å²) in [7, 11) is -4.28. The molecular formula is C5H11NaO6S. The van der Waals surface area contributed by atoms with Gasteiger partial charge < -0.3 is 19.5 Å². The first-order valence-corrected chi connectivity index (χ1v) is 4.87. The van der Waals surface area contributed by atoms with E-state index in [0.29, 0.717) is 0 Å². The second-order valence-corrected chi connectivity index (χ2v) is 3.62. The van der Waals surface area contributed by atoms with Crippen LogP contribution in [-0.4, -0.2) is 48.4 Å². The number of rotatable bonds is 6. The first kappa shape index (κ1) is 16.2. The molecule has 0 aliphatic carbocycles. The number of hydrogen-bond donors (Lipinski definition) is 2. The molecule has 1 atom stereocenters. The van der Waals surface area contributed by atoms with Gasteiger partial charge in [0, 0.05) is 13.0 Å². The van der Waals surface area contributed by atoms with E-state index >= 15 is 0 Å². The van der Waals surface area contributed by atoms with Crippen molar-refractivity contribution >= 4 is 10.1 Å². The molecule has 0 rings (SSSR count). The van der Waals surface area contributed by atoms with E-state index in [1.807, 2.05) is 0 Å². The molecule has 8 heteroatoms. The van der Waals surface area contributed by atoms with E-state index < -0.39 is 22.2 Å². The number of aliphatic hydroxyl groups is 2. The molecule has 0 aromatic rings. The number of aliphatic hydroxyl groups excluding tert-OH is 2. The monoisotopic (exact) mass is 222 g/mol. The van der Waals surface area contributed by atoms with Crippen molar-refractivity contribution in [3.63, 3.8) is 0 Å². The van der Waals surface area contributed by atoms with Crippen molar-refractivity contribution in [1.29, 1.82) is 0 Å². The Labute approximate surface area is 98.9 Å². The molecule has 0 saturated carbocycles. The zero-order valence-corrected chi connectivity index (χ0v) is 10.2. The Morgan fingerprint density at radius 3 is 2.38 bits per heavy atom. The average Bonchev–Trinajstić information content (AvgIpc) is 1.84. The van der Waals surface area contributed by atoms with E-state index in [-0.39, 0.29) is 49.2 Å². The fraction of sp³-hybridized carbons (Fsp3) is 1.00. The molecule has 0 aliphatic heterocycles. The molecule has 0 spiro atoms. The van der Waals surface area contributed by atoms with Crippen LogP contribution in [0.15, 0.2) is 0 Å². The van der Waals surface area contributed by atoms with Crippen molar-refractivity contribution in [2.75, 3.05) is 19.0 Å². The van der Waals surface area contributed by atoms with E-state index in [2.05, 4.69) is 4.74 Å². The Hall–Kier alpha value is 0.790.